The fourth-order valence-corrected chi connectivity index (χ4v) is 6.84. The van der Waals surface area contributed by atoms with Crippen LogP contribution in [0.15, 0.2) is 0 Å². The Morgan fingerprint density at radius 3 is 1.86 bits per heavy atom. The molecule has 17 heteroatoms. The van der Waals surface area contributed by atoms with Gasteiger partial charge < -0.3 is 0 Å². The third-order valence-electron chi connectivity index (χ3n) is 6.52. The number of rotatable bonds is 7. The monoisotopic (exact) mass is 582 g/mol. The first kappa shape index (κ1) is 27.9. The molecular formula is C18H30O16Se. The molecule has 16 nitrogen and oxygen atoms in total. The molecule has 4 saturated heterocycles. The van der Waals surface area contributed by atoms with E-state index >= 15 is 0 Å². The van der Waals surface area contributed by atoms with E-state index in [-0.39, 0.29) is 0 Å². The van der Waals surface area contributed by atoms with Crippen LogP contribution in [0.4, 0.5) is 0 Å². The molecule has 0 aromatic rings. The van der Waals surface area contributed by atoms with Gasteiger partial charge >= 0.3 is 204 Å². The van der Waals surface area contributed by atoms with Crippen molar-refractivity contribution < 1.29 is 79.9 Å². The molecular weight excluding hydrogens is 551 g/mol. The van der Waals surface area contributed by atoms with Crippen LogP contribution in [0.1, 0.15) is 0 Å². The Balaban J connectivity index is 1.49. The first-order valence-corrected chi connectivity index (χ1v) is 12.5. The summed E-state index contributed by atoms with van der Waals surface area (Å²) in [7, 11) is 0. The van der Waals surface area contributed by atoms with Crippen molar-refractivity contribution in [2.75, 3.05) is 19.8 Å². The quantitative estimate of drug-likeness (QED) is 0.125. The van der Waals surface area contributed by atoms with Gasteiger partial charge in [0.05, 0.1) is 0 Å². The minimum absolute atomic E-state index is 0.723. The van der Waals surface area contributed by atoms with E-state index in [2.05, 4.69) is 0 Å². The fourth-order valence-electron chi connectivity index (χ4n) is 4.39. The van der Waals surface area contributed by atoms with Gasteiger partial charge in [-0.25, -0.2) is 0 Å². The molecule has 15 atom stereocenters. The molecule has 4 heterocycles. The molecule has 204 valence electrons. The summed E-state index contributed by atoms with van der Waals surface area (Å²) in [5, 5.41) is 111. The number of aliphatic hydroxyl groups excluding tert-OH is 10. The fraction of sp³-hybridized carbons (Fsp3) is 1.00. The zero-order valence-corrected chi connectivity index (χ0v) is 19.7. The van der Waals surface area contributed by atoms with Crippen molar-refractivity contribution in [2.45, 2.75) is 88.9 Å². The Bertz CT molecular complexity index is 745. The predicted octanol–water partition coefficient (Wildman–Crippen LogP) is -8.20. The van der Waals surface area contributed by atoms with Crippen molar-refractivity contribution in [3.05, 3.63) is 0 Å². The molecule has 4 aliphatic heterocycles. The summed E-state index contributed by atoms with van der Waals surface area (Å²) in [5.41, 5.74) is 0. The Morgan fingerprint density at radius 2 is 1.26 bits per heavy atom. The van der Waals surface area contributed by atoms with Gasteiger partial charge in [-0.2, -0.15) is 0 Å². The molecule has 0 radical (unpaired) electrons. The van der Waals surface area contributed by atoms with Crippen LogP contribution in [-0.4, -0.2) is 180 Å². The van der Waals surface area contributed by atoms with Gasteiger partial charge in [0.25, 0.3) is 0 Å². The summed E-state index contributed by atoms with van der Waals surface area (Å²) in [6, 6.07) is 0. The van der Waals surface area contributed by atoms with Crippen LogP contribution in [0.2, 0.25) is 0 Å². The topological polar surface area (TPSA) is 269 Å². The van der Waals surface area contributed by atoms with Crippen molar-refractivity contribution in [1.29, 1.82) is 0 Å². The molecule has 0 aromatic carbocycles. The summed E-state index contributed by atoms with van der Waals surface area (Å²) >= 11 is -1.03. The van der Waals surface area contributed by atoms with Crippen molar-refractivity contribution in [1.82, 2.24) is 0 Å². The third-order valence-corrected chi connectivity index (χ3v) is 9.44. The standard InChI is InChI=1S/C18H30O16Se/c19-1-4-7(22)14(27)17(29)18(33-4,35-17)34-13-6(3-21)31-16(11(26)9(13)24)32-12-5(2-20)30-15(28)10(25)8(12)23/h4-16,19-29H,1-3H2/t4-,5-,6-,7-,8-,9-,10-,11-,12-,13-,14+,15+,16?,17-,18?/m1/s1. The number of aliphatic hydroxyl groups is 11. The number of hydrogen-bond acceptors (Lipinski definition) is 16. The van der Waals surface area contributed by atoms with Crippen molar-refractivity contribution in [3.63, 3.8) is 0 Å². The van der Waals surface area contributed by atoms with E-state index < -0.39 is 124 Å². The zero-order valence-electron chi connectivity index (χ0n) is 18.0. The van der Waals surface area contributed by atoms with E-state index in [1.807, 2.05) is 0 Å². The molecule has 0 spiro atoms. The number of fused-ring (bicyclic) bond motifs is 1. The first-order valence-electron chi connectivity index (χ1n) is 10.8. The van der Waals surface area contributed by atoms with Crippen LogP contribution in [0, 0.1) is 0 Å². The zero-order chi connectivity index (χ0) is 25.9. The first-order chi connectivity index (χ1) is 16.4. The molecule has 0 amide bonds. The van der Waals surface area contributed by atoms with Gasteiger partial charge in [0.1, 0.15) is 0 Å². The summed E-state index contributed by atoms with van der Waals surface area (Å²) in [5.74, 6) is 0. The van der Waals surface area contributed by atoms with Crippen LogP contribution in [0.5, 0.6) is 0 Å². The molecule has 0 saturated carbocycles. The van der Waals surface area contributed by atoms with Gasteiger partial charge in [0.2, 0.25) is 0 Å². The second-order valence-electron chi connectivity index (χ2n) is 8.75. The minimum atomic E-state index is -2.04. The SMILES string of the molecule is OC[C@H]1OC2(O[C@H]3[C@H](O)[C@@H](O)C(O[C@H]4[C@H](O)[C@@H](O)[C@@H](O)O[C@@H]4CO)O[C@@H]3CO)[Se][C@]2(O)[C@@H](O)[C@@H]1O. The second-order valence-corrected chi connectivity index (χ2v) is 11.6. The normalized spacial score (nSPS) is 56.5. The maximum absolute atomic E-state index is 10.7. The van der Waals surface area contributed by atoms with E-state index in [4.69, 9.17) is 23.7 Å². The van der Waals surface area contributed by atoms with E-state index in [9.17, 15) is 56.2 Å². The number of ether oxygens (including phenoxy) is 5. The molecule has 0 aromatic heterocycles. The van der Waals surface area contributed by atoms with Gasteiger partial charge in [-0.05, 0) is 0 Å². The van der Waals surface area contributed by atoms with Crippen LogP contribution in [-0.2, 0) is 23.7 Å². The average Bonchev–Trinajstić information content (AvgIpc) is 3.45. The van der Waals surface area contributed by atoms with Gasteiger partial charge in [-0.1, -0.05) is 0 Å². The van der Waals surface area contributed by atoms with Crippen molar-refractivity contribution >= 4 is 15.0 Å². The van der Waals surface area contributed by atoms with Gasteiger partial charge in [-0.3, -0.25) is 0 Å². The molecule has 2 unspecified atom stereocenters. The summed E-state index contributed by atoms with van der Waals surface area (Å²) < 4.78 is 23.1. The number of hydrogen-bond donors (Lipinski definition) is 11. The van der Waals surface area contributed by atoms with Gasteiger partial charge in [-0.15, -0.1) is 0 Å². The summed E-state index contributed by atoms with van der Waals surface area (Å²) in [6.45, 7) is -2.29. The second kappa shape index (κ2) is 10.2. The van der Waals surface area contributed by atoms with E-state index in [0.29, 0.717) is 0 Å². The predicted molar refractivity (Wildman–Crippen MR) is 105 cm³/mol. The maximum atomic E-state index is 10.7. The third kappa shape index (κ3) is 4.56. The van der Waals surface area contributed by atoms with E-state index in [1.165, 1.54) is 0 Å². The van der Waals surface area contributed by atoms with Crippen LogP contribution in [0.25, 0.3) is 0 Å². The van der Waals surface area contributed by atoms with Crippen molar-refractivity contribution in [3.8, 4) is 0 Å². The van der Waals surface area contributed by atoms with Crippen molar-refractivity contribution in [2.24, 2.45) is 0 Å². The Kier molecular flexibility index (Phi) is 8.14. The van der Waals surface area contributed by atoms with E-state index in [0.717, 1.165) is 0 Å². The average molecular weight is 581 g/mol. The van der Waals surface area contributed by atoms with Gasteiger partial charge in [0, 0.05) is 0 Å². The molecule has 35 heavy (non-hydrogen) atoms. The Hall–Kier alpha value is -0.121. The molecule has 11 N–H and O–H groups in total. The van der Waals surface area contributed by atoms with Crippen LogP contribution < -0.4 is 0 Å². The molecule has 0 bridgehead atoms. The van der Waals surface area contributed by atoms with Crippen LogP contribution in [0.3, 0.4) is 0 Å². The van der Waals surface area contributed by atoms with Crippen LogP contribution >= 0.6 is 0 Å². The molecule has 4 rings (SSSR count). The van der Waals surface area contributed by atoms with Gasteiger partial charge in [0.15, 0.2) is 0 Å². The molecule has 4 aliphatic rings. The Labute approximate surface area is 204 Å². The Morgan fingerprint density at radius 1 is 0.686 bits per heavy atom. The van der Waals surface area contributed by atoms with E-state index in [1.54, 1.807) is 0 Å². The molecule has 0 aliphatic carbocycles. The summed E-state index contributed by atoms with van der Waals surface area (Å²) in [4.78, 5) is 0. The molecule has 4 fully saturated rings. The summed E-state index contributed by atoms with van der Waals surface area (Å²) in [6.07, 6.45) is -21.5.